The number of morpholine rings is 1. The molecule has 0 aromatic heterocycles. The second kappa shape index (κ2) is 5.69. The summed E-state index contributed by atoms with van der Waals surface area (Å²) >= 11 is 0. The van der Waals surface area contributed by atoms with Gasteiger partial charge in [-0.3, -0.25) is 4.90 Å². The summed E-state index contributed by atoms with van der Waals surface area (Å²) < 4.78 is 5.55. The number of rotatable bonds is 4. The summed E-state index contributed by atoms with van der Waals surface area (Å²) in [6.45, 7) is 10.4. The molecule has 0 radical (unpaired) electrons. The molecule has 3 heteroatoms. The average molecular weight is 200 g/mol. The van der Waals surface area contributed by atoms with E-state index in [9.17, 15) is 0 Å². The predicted octanol–water partition coefficient (Wildman–Crippen LogP) is 1.08. The van der Waals surface area contributed by atoms with Gasteiger partial charge in [-0.2, -0.15) is 0 Å². The van der Waals surface area contributed by atoms with Gasteiger partial charge in [0.1, 0.15) is 0 Å². The Bertz CT molecular complexity index is 161. The third-order valence-electron chi connectivity index (χ3n) is 3.48. The maximum atomic E-state index is 5.62. The third kappa shape index (κ3) is 2.94. The van der Waals surface area contributed by atoms with Gasteiger partial charge >= 0.3 is 0 Å². The van der Waals surface area contributed by atoms with E-state index in [-0.39, 0.29) is 6.10 Å². The molecule has 1 rings (SSSR count). The van der Waals surface area contributed by atoms with E-state index in [1.807, 2.05) is 0 Å². The number of ether oxygens (including phenoxy) is 1. The lowest BCUT2D eigenvalue weighted by Crippen LogP contribution is -2.50. The Morgan fingerprint density at radius 2 is 2.21 bits per heavy atom. The van der Waals surface area contributed by atoms with Crippen LogP contribution < -0.4 is 5.73 Å². The van der Waals surface area contributed by atoms with Gasteiger partial charge in [-0.25, -0.2) is 0 Å². The SMILES string of the molecule is CCC(C)C(C)N1CCOC(CN)C1. The predicted molar refractivity (Wildman–Crippen MR) is 59.3 cm³/mol. The molecular weight excluding hydrogens is 176 g/mol. The van der Waals surface area contributed by atoms with Gasteiger partial charge in [0.2, 0.25) is 0 Å². The van der Waals surface area contributed by atoms with Gasteiger partial charge in [0.05, 0.1) is 12.7 Å². The fraction of sp³-hybridized carbons (Fsp3) is 1.00. The molecule has 3 unspecified atom stereocenters. The molecule has 0 bridgehead atoms. The lowest BCUT2D eigenvalue weighted by atomic mass is 9.98. The molecule has 1 saturated heterocycles. The van der Waals surface area contributed by atoms with Crippen LogP contribution in [0.15, 0.2) is 0 Å². The zero-order valence-electron chi connectivity index (χ0n) is 9.70. The van der Waals surface area contributed by atoms with Crippen LogP contribution in [0.1, 0.15) is 27.2 Å². The quantitative estimate of drug-likeness (QED) is 0.738. The minimum Gasteiger partial charge on any atom is -0.374 e. The monoisotopic (exact) mass is 200 g/mol. The van der Waals surface area contributed by atoms with E-state index >= 15 is 0 Å². The van der Waals surface area contributed by atoms with Crippen molar-refractivity contribution in [3.63, 3.8) is 0 Å². The van der Waals surface area contributed by atoms with Crippen molar-refractivity contribution in [3.05, 3.63) is 0 Å². The molecule has 1 heterocycles. The number of hydrogen-bond acceptors (Lipinski definition) is 3. The first-order chi connectivity index (χ1) is 6.69. The van der Waals surface area contributed by atoms with Crippen LogP contribution in [-0.4, -0.2) is 43.3 Å². The van der Waals surface area contributed by atoms with Crippen LogP contribution in [0.3, 0.4) is 0 Å². The van der Waals surface area contributed by atoms with Gasteiger partial charge < -0.3 is 10.5 Å². The van der Waals surface area contributed by atoms with Gasteiger partial charge in [0.15, 0.2) is 0 Å². The lowest BCUT2D eigenvalue weighted by molar-refractivity contribution is -0.0434. The van der Waals surface area contributed by atoms with Crippen molar-refractivity contribution in [2.24, 2.45) is 11.7 Å². The van der Waals surface area contributed by atoms with Crippen molar-refractivity contribution in [2.45, 2.75) is 39.3 Å². The van der Waals surface area contributed by atoms with E-state index in [0.29, 0.717) is 12.6 Å². The van der Waals surface area contributed by atoms with E-state index in [1.165, 1.54) is 6.42 Å². The van der Waals surface area contributed by atoms with E-state index < -0.39 is 0 Å². The highest BCUT2D eigenvalue weighted by atomic mass is 16.5. The summed E-state index contributed by atoms with van der Waals surface area (Å²) in [5.74, 6) is 0.756. The molecule has 3 nitrogen and oxygen atoms in total. The first-order valence-corrected chi connectivity index (χ1v) is 5.74. The van der Waals surface area contributed by atoms with Gasteiger partial charge in [-0.05, 0) is 12.8 Å². The standard InChI is InChI=1S/C11H24N2O/c1-4-9(2)10(3)13-5-6-14-11(7-12)8-13/h9-11H,4-8,12H2,1-3H3. The van der Waals surface area contributed by atoms with Crippen LogP contribution in [-0.2, 0) is 4.74 Å². The van der Waals surface area contributed by atoms with Crippen LogP contribution in [0, 0.1) is 5.92 Å². The molecule has 1 aliphatic heterocycles. The molecule has 0 aromatic rings. The Hall–Kier alpha value is -0.120. The molecule has 3 atom stereocenters. The first kappa shape index (κ1) is 12.0. The Labute approximate surface area is 87.6 Å². The first-order valence-electron chi connectivity index (χ1n) is 5.74. The summed E-state index contributed by atoms with van der Waals surface area (Å²) in [5, 5.41) is 0. The third-order valence-corrected chi connectivity index (χ3v) is 3.48. The van der Waals surface area contributed by atoms with Crippen LogP contribution in [0.25, 0.3) is 0 Å². The number of nitrogens with two attached hydrogens (primary N) is 1. The molecule has 0 amide bonds. The second-order valence-electron chi connectivity index (χ2n) is 4.35. The molecular formula is C11H24N2O. The minimum atomic E-state index is 0.246. The van der Waals surface area contributed by atoms with E-state index in [4.69, 9.17) is 10.5 Å². The molecule has 2 N–H and O–H groups in total. The normalized spacial score (nSPS) is 28.7. The zero-order valence-corrected chi connectivity index (χ0v) is 9.70. The molecule has 0 aliphatic carbocycles. The number of nitrogens with zero attached hydrogens (tertiary/aromatic N) is 1. The van der Waals surface area contributed by atoms with Crippen LogP contribution in [0.4, 0.5) is 0 Å². The van der Waals surface area contributed by atoms with Crippen molar-refractivity contribution in [3.8, 4) is 0 Å². The van der Waals surface area contributed by atoms with E-state index in [2.05, 4.69) is 25.7 Å². The van der Waals surface area contributed by atoms with Gasteiger partial charge in [0, 0.05) is 25.7 Å². The van der Waals surface area contributed by atoms with Crippen LogP contribution in [0.5, 0.6) is 0 Å². The Morgan fingerprint density at radius 1 is 1.50 bits per heavy atom. The fourth-order valence-corrected chi connectivity index (χ4v) is 1.96. The average Bonchev–Trinajstić information content (AvgIpc) is 2.27. The van der Waals surface area contributed by atoms with Crippen molar-refractivity contribution < 1.29 is 4.74 Å². The minimum absolute atomic E-state index is 0.246. The molecule has 0 saturated carbocycles. The van der Waals surface area contributed by atoms with Crippen LogP contribution >= 0.6 is 0 Å². The largest absolute Gasteiger partial charge is 0.374 e. The van der Waals surface area contributed by atoms with Crippen molar-refractivity contribution >= 4 is 0 Å². The Balaban J connectivity index is 2.42. The highest BCUT2D eigenvalue weighted by molar-refractivity contribution is 4.78. The second-order valence-corrected chi connectivity index (χ2v) is 4.35. The highest BCUT2D eigenvalue weighted by Crippen LogP contribution is 2.17. The molecule has 14 heavy (non-hydrogen) atoms. The van der Waals surface area contributed by atoms with Gasteiger partial charge in [-0.15, -0.1) is 0 Å². The summed E-state index contributed by atoms with van der Waals surface area (Å²) in [6.07, 6.45) is 1.49. The Kier molecular flexibility index (Phi) is 4.85. The summed E-state index contributed by atoms with van der Waals surface area (Å²) in [7, 11) is 0. The van der Waals surface area contributed by atoms with Crippen molar-refractivity contribution in [1.82, 2.24) is 4.90 Å². The highest BCUT2D eigenvalue weighted by Gasteiger charge is 2.25. The molecule has 0 aromatic carbocycles. The lowest BCUT2D eigenvalue weighted by Gasteiger charge is -2.38. The molecule has 0 spiro atoms. The van der Waals surface area contributed by atoms with Crippen LogP contribution in [0.2, 0.25) is 0 Å². The topological polar surface area (TPSA) is 38.5 Å². The maximum Gasteiger partial charge on any atom is 0.0824 e. The van der Waals surface area contributed by atoms with Gasteiger partial charge in [-0.1, -0.05) is 20.3 Å². The van der Waals surface area contributed by atoms with E-state index in [0.717, 1.165) is 25.6 Å². The smallest absolute Gasteiger partial charge is 0.0824 e. The summed E-state index contributed by atoms with van der Waals surface area (Å²) in [5.41, 5.74) is 5.62. The maximum absolute atomic E-state index is 5.62. The Morgan fingerprint density at radius 3 is 2.79 bits per heavy atom. The van der Waals surface area contributed by atoms with E-state index in [1.54, 1.807) is 0 Å². The van der Waals surface area contributed by atoms with Crippen molar-refractivity contribution in [2.75, 3.05) is 26.2 Å². The fourth-order valence-electron chi connectivity index (χ4n) is 1.96. The molecule has 84 valence electrons. The summed E-state index contributed by atoms with van der Waals surface area (Å²) in [4.78, 5) is 2.51. The molecule has 1 aliphatic rings. The number of hydrogen-bond donors (Lipinski definition) is 1. The zero-order chi connectivity index (χ0) is 10.6. The van der Waals surface area contributed by atoms with Crippen molar-refractivity contribution in [1.29, 1.82) is 0 Å². The molecule has 1 fully saturated rings. The van der Waals surface area contributed by atoms with Gasteiger partial charge in [0.25, 0.3) is 0 Å². The summed E-state index contributed by atoms with van der Waals surface area (Å²) in [6, 6.07) is 0.651.